The highest BCUT2D eigenvalue weighted by atomic mass is 32.2. The van der Waals surface area contributed by atoms with Gasteiger partial charge in [0, 0.05) is 31.4 Å². The van der Waals surface area contributed by atoms with Crippen LogP contribution >= 0.6 is 11.8 Å². The van der Waals surface area contributed by atoms with Gasteiger partial charge >= 0.3 is 0 Å². The van der Waals surface area contributed by atoms with E-state index in [2.05, 4.69) is 0 Å². The highest BCUT2D eigenvalue weighted by Crippen LogP contribution is 2.22. The van der Waals surface area contributed by atoms with Crippen molar-refractivity contribution in [1.82, 2.24) is 4.90 Å². The summed E-state index contributed by atoms with van der Waals surface area (Å²) in [5.74, 6) is 1.21. The van der Waals surface area contributed by atoms with E-state index in [4.69, 9.17) is 5.11 Å². The summed E-state index contributed by atoms with van der Waals surface area (Å²) in [6.45, 7) is 1.16. The molecule has 1 fully saturated rings. The van der Waals surface area contributed by atoms with Crippen molar-refractivity contribution in [3.63, 3.8) is 0 Å². The number of thioether (sulfide) groups is 1. The second-order valence-corrected chi connectivity index (χ2v) is 4.98. The lowest BCUT2D eigenvalue weighted by atomic mass is 10.1. The molecule has 4 heteroatoms. The Morgan fingerprint density at radius 3 is 3.07 bits per heavy atom. The quantitative estimate of drug-likeness (QED) is 0.753. The van der Waals surface area contributed by atoms with Gasteiger partial charge in [0.2, 0.25) is 5.91 Å². The summed E-state index contributed by atoms with van der Waals surface area (Å²) < 4.78 is 0. The number of hydrogen-bond donors (Lipinski definition) is 1. The minimum absolute atomic E-state index is 0.239. The molecular formula is C11H21NO2S. The molecule has 1 amide bonds. The number of likely N-dealkylation sites (tertiary alicyclic amines) is 1. The lowest BCUT2D eigenvalue weighted by molar-refractivity contribution is -0.131. The zero-order valence-electron chi connectivity index (χ0n) is 9.45. The number of hydrogen-bond acceptors (Lipinski definition) is 3. The van der Waals surface area contributed by atoms with Gasteiger partial charge in [0.25, 0.3) is 0 Å². The molecule has 1 aliphatic heterocycles. The van der Waals surface area contributed by atoms with Crippen molar-refractivity contribution in [2.45, 2.75) is 38.1 Å². The monoisotopic (exact) mass is 231 g/mol. The van der Waals surface area contributed by atoms with Crippen LogP contribution in [0.2, 0.25) is 0 Å². The maximum absolute atomic E-state index is 11.8. The van der Waals surface area contributed by atoms with E-state index in [0.717, 1.165) is 38.0 Å². The molecule has 0 aromatic heterocycles. The zero-order valence-corrected chi connectivity index (χ0v) is 10.3. The van der Waals surface area contributed by atoms with E-state index >= 15 is 0 Å². The third-order valence-corrected chi connectivity index (χ3v) is 3.53. The van der Waals surface area contributed by atoms with Gasteiger partial charge in [-0.1, -0.05) is 0 Å². The molecule has 0 saturated carbocycles. The van der Waals surface area contributed by atoms with Gasteiger partial charge in [0.15, 0.2) is 0 Å². The van der Waals surface area contributed by atoms with E-state index in [0.29, 0.717) is 18.4 Å². The predicted molar refractivity (Wildman–Crippen MR) is 64.1 cm³/mol. The SMILES string of the molecule is CSCCC(=O)N1CCCC1CCCO. The molecule has 0 aromatic carbocycles. The van der Waals surface area contributed by atoms with Gasteiger partial charge in [0.1, 0.15) is 0 Å². The fourth-order valence-corrected chi connectivity index (χ4v) is 2.50. The molecule has 15 heavy (non-hydrogen) atoms. The van der Waals surface area contributed by atoms with Crippen LogP contribution in [0, 0.1) is 0 Å². The zero-order chi connectivity index (χ0) is 11.1. The molecule has 1 rings (SSSR count). The van der Waals surface area contributed by atoms with Crippen LogP contribution in [0.4, 0.5) is 0 Å². The summed E-state index contributed by atoms with van der Waals surface area (Å²) in [5.41, 5.74) is 0. The van der Waals surface area contributed by atoms with Gasteiger partial charge in [-0.25, -0.2) is 0 Å². The number of rotatable bonds is 6. The molecule has 0 spiro atoms. The third kappa shape index (κ3) is 4.03. The smallest absolute Gasteiger partial charge is 0.223 e. The average molecular weight is 231 g/mol. The molecule has 1 heterocycles. The Kier molecular flexibility index (Phi) is 6.10. The van der Waals surface area contributed by atoms with Gasteiger partial charge in [-0.15, -0.1) is 0 Å². The maximum atomic E-state index is 11.8. The first-order valence-corrected chi connectivity index (χ1v) is 7.08. The van der Waals surface area contributed by atoms with Gasteiger partial charge in [0.05, 0.1) is 0 Å². The first-order chi connectivity index (χ1) is 7.29. The molecule has 88 valence electrons. The van der Waals surface area contributed by atoms with Crippen LogP contribution in [0.15, 0.2) is 0 Å². The number of aliphatic hydroxyl groups is 1. The second-order valence-electron chi connectivity index (χ2n) is 3.99. The van der Waals surface area contributed by atoms with Crippen molar-refractivity contribution in [2.75, 3.05) is 25.2 Å². The first kappa shape index (κ1) is 12.8. The van der Waals surface area contributed by atoms with Gasteiger partial charge in [-0.2, -0.15) is 11.8 Å². The van der Waals surface area contributed by atoms with E-state index in [-0.39, 0.29) is 6.61 Å². The molecule has 0 bridgehead atoms. The Balaban J connectivity index is 2.34. The van der Waals surface area contributed by atoms with Crippen molar-refractivity contribution in [3.05, 3.63) is 0 Å². The fraction of sp³-hybridized carbons (Fsp3) is 0.909. The molecule has 1 unspecified atom stereocenters. The topological polar surface area (TPSA) is 40.5 Å². The van der Waals surface area contributed by atoms with Crippen molar-refractivity contribution >= 4 is 17.7 Å². The Bertz CT molecular complexity index is 199. The maximum Gasteiger partial charge on any atom is 0.223 e. The fourth-order valence-electron chi connectivity index (χ4n) is 2.12. The van der Waals surface area contributed by atoms with Gasteiger partial charge in [-0.3, -0.25) is 4.79 Å². The predicted octanol–water partition coefficient (Wildman–Crippen LogP) is 1.50. The van der Waals surface area contributed by atoms with Crippen molar-refractivity contribution < 1.29 is 9.90 Å². The number of aliphatic hydroxyl groups excluding tert-OH is 1. The molecular weight excluding hydrogens is 210 g/mol. The van der Waals surface area contributed by atoms with Crippen LogP contribution in [0.25, 0.3) is 0 Å². The van der Waals surface area contributed by atoms with E-state index in [1.807, 2.05) is 11.2 Å². The molecule has 1 aliphatic rings. The van der Waals surface area contributed by atoms with Crippen molar-refractivity contribution in [1.29, 1.82) is 0 Å². The van der Waals surface area contributed by atoms with Crippen LogP contribution in [0.1, 0.15) is 32.1 Å². The molecule has 3 nitrogen and oxygen atoms in total. The standard InChI is InChI=1S/C11H21NO2S/c1-15-9-6-11(14)12-7-2-4-10(12)5-3-8-13/h10,13H,2-9H2,1H3. The third-order valence-electron chi connectivity index (χ3n) is 2.91. The van der Waals surface area contributed by atoms with E-state index in [1.54, 1.807) is 11.8 Å². The Hall–Kier alpha value is -0.220. The second kappa shape index (κ2) is 7.12. The number of amides is 1. The summed E-state index contributed by atoms with van der Waals surface area (Å²) in [6, 6.07) is 0.395. The van der Waals surface area contributed by atoms with Gasteiger partial charge in [-0.05, 0) is 31.9 Å². The summed E-state index contributed by atoms with van der Waals surface area (Å²) in [6.07, 6.45) is 6.71. The molecule has 0 aromatic rings. The molecule has 0 radical (unpaired) electrons. The molecule has 0 aliphatic carbocycles. The summed E-state index contributed by atoms with van der Waals surface area (Å²) in [5, 5.41) is 8.79. The van der Waals surface area contributed by atoms with Crippen molar-refractivity contribution in [3.8, 4) is 0 Å². The number of nitrogens with zero attached hydrogens (tertiary/aromatic N) is 1. The average Bonchev–Trinajstić information content (AvgIpc) is 2.71. The largest absolute Gasteiger partial charge is 0.396 e. The van der Waals surface area contributed by atoms with E-state index in [1.165, 1.54) is 0 Å². The minimum atomic E-state index is 0.239. The molecule has 1 N–H and O–H groups in total. The number of carbonyl (C=O) groups is 1. The van der Waals surface area contributed by atoms with Crippen LogP contribution in [-0.2, 0) is 4.79 Å². The Labute approximate surface area is 96.2 Å². The van der Waals surface area contributed by atoms with E-state index in [9.17, 15) is 4.79 Å². The molecule has 1 atom stereocenters. The normalized spacial score (nSPS) is 20.9. The first-order valence-electron chi connectivity index (χ1n) is 5.69. The van der Waals surface area contributed by atoms with E-state index < -0.39 is 0 Å². The van der Waals surface area contributed by atoms with Crippen LogP contribution in [-0.4, -0.2) is 47.1 Å². The Morgan fingerprint density at radius 2 is 2.40 bits per heavy atom. The van der Waals surface area contributed by atoms with Crippen LogP contribution in [0.3, 0.4) is 0 Å². The van der Waals surface area contributed by atoms with Crippen LogP contribution in [0.5, 0.6) is 0 Å². The van der Waals surface area contributed by atoms with Crippen molar-refractivity contribution in [2.24, 2.45) is 0 Å². The number of carbonyl (C=O) groups excluding carboxylic acids is 1. The van der Waals surface area contributed by atoms with Crippen LogP contribution < -0.4 is 0 Å². The Morgan fingerprint density at radius 1 is 1.60 bits per heavy atom. The highest BCUT2D eigenvalue weighted by molar-refractivity contribution is 7.98. The van der Waals surface area contributed by atoms with Gasteiger partial charge < -0.3 is 10.0 Å². The minimum Gasteiger partial charge on any atom is -0.396 e. The lowest BCUT2D eigenvalue weighted by Crippen LogP contribution is -2.35. The summed E-state index contributed by atoms with van der Waals surface area (Å²) in [4.78, 5) is 13.8. The molecule has 1 saturated heterocycles. The summed E-state index contributed by atoms with van der Waals surface area (Å²) >= 11 is 1.72. The highest BCUT2D eigenvalue weighted by Gasteiger charge is 2.27. The summed E-state index contributed by atoms with van der Waals surface area (Å²) in [7, 11) is 0. The lowest BCUT2D eigenvalue weighted by Gasteiger charge is -2.24.